The number of rotatable bonds is 5. The summed E-state index contributed by atoms with van der Waals surface area (Å²) in [5, 5.41) is 4.34. The van der Waals surface area contributed by atoms with Crippen LogP contribution in [0.3, 0.4) is 0 Å². The maximum Gasteiger partial charge on any atom is 0.0469 e. The van der Waals surface area contributed by atoms with Crippen molar-refractivity contribution in [1.29, 1.82) is 0 Å². The smallest absolute Gasteiger partial charge is 0.0469 e. The molecule has 2 rings (SSSR count). The molecular formula is C14H20ClNO. The zero-order valence-electron chi connectivity index (χ0n) is 10.1. The molecule has 0 unspecified atom stereocenters. The molecule has 0 radical (unpaired) electrons. The second-order valence-corrected chi connectivity index (χ2v) is 5.07. The van der Waals surface area contributed by atoms with E-state index in [4.69, 9.17) is 16.3 Å². The summed E-state index contributed by atoms with van der Waals surface area (Å²) in [5.41, 5.74) is 1.34. The Morgan fingerprint density at radius 1 is 1.18 bits per heavy atom. The summed E-state index contributed by atoms with van der Waals surface area (Å²) in [4.78, 5) is 0. The van der Waals surface area contributed by atoms with Gasteiger partial charge >= 0.3 is 0 Å². The van der Waals surface area contributed by atoms with Crippen LogP contribution < -0.4 is 5.32 Å². The zero-order chi connectivity index (χ0) is 11.9. The molecule has 0 atom stereocenters. The van der Waals surface area contributed by atoms with Gasteiger partial charge in [0.2, 0.25) is 0 Å². The first-order chi connectivity index (χ1) is 8.34. The average Bonchev–Trinajstić information content (AvgIpc) is 2.38. The molecule has 1 N–H and O–H groups in total. The number of nitrogens with one attached hydrogen (secondary N) is 1. The minimum atomic E-state index is 0.800. The normalized spacial score (nSPS) is 17.2. The Kier molecular flexibility index (Phi) is 5.30. The first-order valence-corrected chi connectivity index (χ1v) is 6.75. The number of hydrogen-bond donors (Lipinski definition) is 1. The van der Waals surface area contributed by atoms with E-state index in [0.29, 0.717) is 0 Å². The molecule has 1 heterocycles. The Hall–Kier alpha value is -0.570. The molecule has 1 aromatic rings. The topological polar surface area (TPSA) is 21.3 Å². The fraction of sp³-hybridized carbons (Fsp3) is 0.571. The van der Waals surface area contributed by atoms with Crippen molar-refractivity contribution < 1.29 is 4.74 Å². The molecular weight excluding hydrogens is 234 g/mol. The lowest BCUT2D eigenvalue weighted by Crippen LogP contribution is -2.29. The molecule has 0 bridgehead atoms. The van der Waals surface area contributed by atoms with E-state index in [0.717, 1.165) is 43.7 Å². The minimum Gasteiger partial charge on any atom is -0.381 e. The van der Waals surface area contributed by atoms with Crippen molar-refractivity contribution in [3.63, 3.8) is 0 Å². The third-order valence-electron chi connectivity index (χ3n) is 3.28. The van der Waals surface area contributed by atoms with Gasteiger partial charge in [0.25, 0.3) is 0 Å². The third-order valence-corrected chi connectivity index (χ3v) is 3.53. The Bertz CT molecular complexity index is 319. The van der Waals surface area contributed by atoms with Gasteiger partial charge in [-0.15, -0.1) is 0 Å². The van der Waals surface area contributed by atoms with Crippen molar-refractivity contribution >= 4 is 11.6 Å². The number of halogens is 1. The molecule has 0 saturated carbocycles. The monoisotopic (exact) mass is 253 g/mol. The second kappa shape index (κ2) is 7.00. The highest BCUT2D eigenvalue weighted by molar-refractivity contribution is 6.30. The summed E-state index contributed by atoms with van der Waals surface area (Å²) in [6.45, 7) is 4.03. The molecule has 0 amide bonds. The fourth-order valence-electron chi connectivity index (χ4n) is 2.14. The predicted octanol–water partition coefficient (Wildman–Crippen LogP) is 2.90. The van der Waals surface area contributed by atoms with E-state index in [1.54, 1.807) is 0 Å². The summed E-state index contributed by atoms with van der Waals surface area (Å²) in [7, 11) is 0. The fourth-order valence-corrected chi connectivity index (χ4v) is 2.27. The Morgan fingerprint density at radius 2 is 1.88 bits per heavy atom. The van der Waals surface area contributed by atoms with Crippen LogP contribution in [-0.2, 0) is 11.2 Å². The van der Waals surface area contributed by atoms with E-state index < -0.39 is 0 Å². The van der Waals surface area contributed by atoms with Crippen LogP contribution in [-0.4, -0.2) is 26.3 Å². The maximum atomic E-state index is 5.85. The van der Waals surface area contributed by atoms with Crippen molar-refractivity contribution in [1.82, 2.24) is 5.32 Å². The molecule has 0 aliphatic carbocycles. The van der Waals surface area contributed by atoms with Crippen LogP contribution in [0.2, 0.25) is 5.02 Å². The van der Waals surface area contributed by atoms with E-state index in [-0.39, 0.29) is 0 Å². The highest BCUT2D eigenvalue weighted by Crippen LogP contribution is 2.13. The van der Waals surface area contributed by atoms with E-state index in [1.165, 1.54) is 18.4 Å². The van der Waals surface area contributed by atoms with Gasteiger partial charge in [0, 0.05) is 18.2 Å². The van der Waals surface area contributed by atoms with Crippen LogP contribution in [0.5, 0.6) is 0 Å². The summed E-state index contributed by atoms with van der Waals surface area (Å²) in [6.07, 6.45) is 3.47. The summed E-state index contributed by atoms with van der Waals surface area (Å²) in [6, 6.07) is 8.10. The molecule has 1 fully saturated rings. The van der Waals surface area contributed by atoms with Gasteiger partial charge in [0.05, 0.1) is 0 Å². The van der Waals surface area contributed by atoms with Gasteiger partial charge in [-0.25, -0.2) is 0 Å². The van der Waals surface area contributed by atoms with Gasteiger partial charge in [-0.05, 0) is 56.0 Å². The molecule has 3 heteroatoms. The summed E-state index contributed by atoms with van der Waals surface area (Å²) >= 11 is 5.85. The number of benzene rings is 1. The first kappa shape index (κ1) is 12.9. The molecule has 1 aliphatic heterocycles. The van der Waals surface area contributed by atoms with Gasteiger partial charge in [0.1, 0.15) is 0 Å². The van der Waals surface area contributed by atoms with Crippen LogP contribution in [0.4, 0.5) is 0 Å². The molecule has 17 heavy (non-hydrogen) atoms. The largest absolute Gasteiger partial charge is 0.381 e. The van der Waals surface area contributed by atoms with Gasteiger partial charge in [0.15, 0.2) is 0 Å². The Balaban J connectivity index is 1.60. The number of ether oxygens (including phenoxy) is 1. The highest BCUT2D eigenvalue weighted by atomic mass is 35.5. The molecule has 2 nitrogen and oxygen atoms in total. The van der Waals surface area contributed by atoms with E-state index in [9.17, 15) is 0 Å². The maximum absolute atomic E-state index is 5.85. The number of hydrogen-bond acceptors (Lipinski definition) is 2. The van der Waals surface area contributed by atoms with Crippen LogP contribution >= 0.6 is 11.6 Å². The molecule has 1 aromatic carbocycles. The van der Waals surface area contributed by atoms with Gasteiger partial charge in [-0.1, -0.05) is 23.7 Å². The predicted molar refractivity (Wildman–Crippen MR) is 71.6 cm³/mol. The van der Waals surface area contributed by atoms with Gasteiger partial charge < -0.3 is 10.1 Å². The van der Waals surface area contributed by atoms with E-state index >= 15 is 0 Å². The van der Waals surface area contributed by atoms with Crippen LogP contribution in [0.25, 0.3) is 0 Å². The summed E-state index contributed by atoms with van der Waals surface area (Å²) in [5.74, 6) is 0.800. The SMILES string of the molecule is Clc1ccc(CCNCC2CCOCC2)cc1. The third kappa shape index (κ3) is 4.66. The second-order valence-electron chi connectivity index (χ2n) is 4.64. The van der Waals surface area contributed by atoms with Crippen molar-refractivity contribution in [2.45, 2.75) is 19.3 Å². The first-order valence-electron chi connectivity index (χ1n) is 6.37. The van der Waals surface area contributed by atoms with E-state index in [1.807, 2.05) is 12.1 Å². The molecule has 0 spiro atoms. The van der Waals surface area contributed by atoms with Crippen LogP contribution in [0.15, 0.2) is 24.3 Å². The van der Waals surface area contributed by atoms with Crippen LogP contribution in [0.1, 0.15) is 18.4 Å². The van der Waals surface area contributed by atoms with Crippen molar-refractivity contribution in [3.05, 3.63) is 34.9 Å². The zero-order valence-corrected chi connectivity index (χ0v) is 10.9. The Labute approximate surface area is 108 Å². The summed E-state index contributed by atoms with van der Waals surface area (Å²) < 4.78 is 5.35. The molecule has 94 valence electrons. The quantitative estimate of drug-likeness (QED) is 0.815. The van der Waals surface area contributed by atoms with Gasteiger partial charge in [-0.3, -0.25) is 0 Å². The molecule has 1 aliphatic rings. The lowest BCUT2D eigenvalue weighted by molar-refractivity contribution is 0.0664. The van der Waals surface area contributed by atoms with Crippen molar-refractivity contribution in [2.24, 2.45) is 5.92 Å². The highest BCUT2D eigenvalue weighted by Gasteiger charge is 2.12. The Morgan fingerprint density at radius 3 is 2.59 bits per heavy atom. The minimum absolute atomic E-state index is 0.800. The lowest BCUT2D eigenvalue weighted by atomic mass is 10.0. The van der Waals surface area contributed by atoms with E-state index in [2.05, 4.69) is 17.4 Å². The lowest BCUT2D eigenvalue weighted by Gasteiger charge is -2.22. The average molecular weight is 254 g/mol. The molecule has 1 saturated heterocycles. The van der Waals surface area contributed by atoms with Gasteiger partial charge in [-0.2, -0.15) is 0 Å². The standard InChI is InChI=1S/C14H20ClNO/c15-14-3-1-12(2-4-14)5-8-16-11-13-6-9-17-10-7-13/h1-4,13,16H,5-11H2. The van der Waals surface area contributed by atoms with Crippen molar-refractivity contribution in [3.8, 4) is 0 Å². The van der Waals surface area contributed by atoms with Crippen molar-refractivity contribution in [2.75, 3.05) is 26.3 Å². The molecule has 0 aromatic heterocycles. The van der Waals surface area contributed by atoms with Crippen LogP contribution in [0, 0.1) is 5.92 Å².